The molecule has 2 rings (SSSR count). The van der Waals surface area contributed by atoms with E-state index in [2.05, 4.69) is 9.97 Å². The normalized spacial score (nSPS) is 20.6. The van der Waals surface area contributed by atoms with Crippen LogP contribution in [0.25, 0.3) is 0 Å². The van der Waals surface area contributed by atoms with Gasteiger partial charge in [-0.05, 0) is 18.8 Å². The van der Waals surface area contributed by atoms with Gasteiger partial charge in [0, 0.05) is 18.6 Å². The SMILES string of the molecule is NC(c1cnccn1)C1CCCCC1. The molecule has 14 heavy (non-hydrogen) atoms. The molecule has 0 spiro atoms. The average Bonchev–Trinajstić information content (AvgIpc) is 2.30. The number of nitrogens with two attached hydrogens (primary N) is 1. The van der Waals surface area contributed by atoms with Crippen LogP contribution in [-0.2, 0) is 0 Å². The van der Waals surface area contributed by atoms with Crippen molar-refractivity contribution in [2.75, 3.05) is 0 Å². The largest absolute Gasteiger partial charge is 0.322 e. The van der Waals surface area contributed by atoms with E-state index in [1.54, 1.807) is 18.6 Å². The fraction of sp³-hybridized carbons (Fsp3) is 0.636. The second-order valence-electron chi connectivity index (χ2n) is 4.05. The molecular weight excluding hydrogens is 174 g/mol. The summed E-state index contributed by atoms with van der Waals surface area (Å²) in [6, 6.07) is 0.0870. The minimum absolute atomic E-state index is 0.0870. The van der Waals surface area contributed by atoms with E-state index >= 15 is 0 Å². The summed E-state index contributed by atoms with van der Waals surface area (Å²) >= 11 is 0. The third-order valence-electron chi connectivity index (χ3n) is 3.08. The molecule has 76 valence electrons. The smallest absolute Gasteiger partial charge is 0.0756 e. The molecule has 1 aliphatic carbocycles. The molecule has 0 bridgehead atoms. The van der Waals surface area contributed by atoms with Gasteiger partial charge in [-0.15, -0.1) is 0 Å². The Labute approximate surface area is 84.8 Å². The number of nitrogens with zero attached hydrogens (tertiary/aromatic N) is 2. The highest BCUT2D eigenvalue weighted by atomic mass is 14.8. The molecule has 3 heteroatoms. The Morgan fingerprint density at radius 1 is 1.21 bits per heavy atom. The molecule has 1 aromatic heterocycles. The molecule has 1 fully saturated rings. The van der Waals surface area contributed by atoms with Crippen molar-refractivity contribution in [2.45, 2.75) is 38.1 Å². The molecule has 0 aromatic carbocycles. The van der Waals surface area contributed by atoms with E-state index in [9.17, 15) is 0 Å². The van der Waals surface area contributed by atoms with Gasteiger partial charge in [-0.1, -0.05) is 19.3 Å². The molecule has 0 radical (unpaired) electrons. The van der Waals surface area contributed by atoms with Crippen molar-refractivity contribution in [3.05, 3.63) is 24.3 Å². The Bertz CT molecular complexity index is 267. The standard InChI is InChI=1S/C11H17N3/c12-11(9-4-2-1-3-5-9)10-8-13-6-7-14-10/h6-9,11H,1-5,12H2. The lowest BCUT2D eigenvalue weighted by atomic mass is 9.83. The molecule has 2 N–H and O–H groups in total. The molecule has 1 aromatic rings. The molecule has 1 heterocycles. The Morgan fingerprint density at radius 3 is 2.64 bits per heavy atom. The van der Waals surface area contributed by atoms with E-state index in [0.29, 0.717) is 5.92 Å². The maximum atomic E-state index is 6.17. The van der Waals surface area contributed by atoms with E-state index < -0.39 is 0 Å². The molecule has 1 atom stereocenters. The Morgan fingerprint density at radius 2 is 2.00 bits per heavy atom. The number of rotatable bonds is 2. The van der Waals surface area contributed by atoms with E-state index in [0.717, 1.165) is 5.69 Å². The van der Waals surface area contributed by atoms with E-state index in [4.69, 9.17) is 5.73 Å². The summed E-state index contributed by atoms with van der Waals surface area (Å²) in [5.74, 6) is 0.612. The van der Waals surface area contributed by atoms with Gasteiger partial charge in [0.25, 0.3) is 0 Å². The third kappa shape index (κ3) is 2.10. The summed E-state index contributed by atoms with van der Waals surface area (Å²) in [5.41, 5.74) is 7.11. The number of aromatic nitrogens is 2. The molecule has 0 saturated heterocycles. The first-order chi connectivity index (χ1) is 6.88. The third-order valence-corrected chi connectivity index (χ3v) is 3.08. The van der Waals surface area contributed by atoms with Crippen molar-refractivity contribution in [1.29, 1.82) is 0 Å². The summed E-state index contributed by atoms with van der Waals surface area (Å²) in [5, 5.41) is 0. The van der Waals surface area contributed by atoms with Crippen LogP contribution in [0.4, 0.5) is 0 Å². The van der Waals surface area contributed by atoms with Gasteiger partial charge >= 0.3 is 0 Å². The first kappa shape index (κ1) is 9.59. The van der Waals surface area contributed by atoms with Gasteiger partial charge in [0.15, 0.2) is 0 Å². The van der Waals surface area contributed by atoms with Gasteiger partial charge < -0.3 is 5.73 Å². The fourth-order valence-electron chi connectivity index (χ4n) is 2.22. The quantitative estimate of drug-likeness (QED) is 0.778. The van der Waals surface area contributed by atoms with E-state index in [1.165, 1.54) is 32.1 Å². The van der Waals surface area contributed by atoms with E-state index in [1.807, 2.05) is 0 Å². The van der Waals surface area contributed by atoms with Crippen LogP contribution in [0.1, 0.15) is 43.8 Å². The van der Waals surface area contributed by atoms with E-state index in [-0.39, 0.29) is 6.04 Å². The lowest BCUT2D eigenvalue weighted by molar-refractivity contribution is 0.304. The Kier molecular flexibility index (Phi) is 3.09. The monoisotopic (exact) mass is 191 g/mol. The van der Waals surface area contributed by atoms with Gasteiger partial charge in [-0.3, -0.25) is 9.97 Å². The maximum absolute atomic E-state index is 6.17. The zero-order chi connectivity index (χ0) is 9.80. The zero-order valence-electron chi connectivity index (χ0n) is 8.39. The molecule has 1 saturated carbocycles. The van der Waals surface area contributed by atoms with Crippen LogP contribution in [0.15, 0.2) is 18.6 Å². The van der Waals surface area contributed by atoms with Gasteiger partial charge in [0.05, 0.1) is 11.7 Å². The second kappa shape index (κ2) is 4.51. The minimum atomic E-state index is 0.0870. The van der Waals surface area contributed by atoms with Crippen molar-refractivity contribution >= 4 is 0 Å². The molecule has 3 nitrogen and oxygen atoms in total. The number of hydrogen-bond donors (Lipinski definition) is 1. The van der Waals surface area contributed by atoms with Crippen molar-refractivity contribution in [1.82, 2.24) is 9.97 Å². The predicted molar refractivity (Wildman–Crippen MR) is 55.5 cm³/mol. The second-order valence-corrected chi connectivity index (χ2v) is 4.05. The van der Waals surface area contributed by atoms with Crippen LogP contribution in [0, 0.1) is 5.92 Å². The van der Waals surface area contributed by atoms with Crippen LogP contribution in [0.3, 0.4) is 0 Å². The molecule has 1 aliphatic rings. The highest BCUT2D eigenvalue weighted by molar-refractivity contribution is 5.03. The summed E-state index contributed by atoms with van der Waals surface area (Å²) in [6.07, 6.45) is 11.7. The lowest BCUT2D eigenvalue weighted by Gasteiger charge is -2.26. The summed E-state index contributed by atoms with van der Waals surface area (Å²) in [4.78, 5) is 8.32. The van der Waals surface area contributed by atoms with Gasteiger partial charge in [-0.25, -0.2) is 0 Å². The van der Waals surface area contributed by atoms with Gasteiger partial charge in [0.1, 0.15) is 0 Å². The maximum Gasteiger partial charge on any atom is 0.0756 e. The molecule has 0 amide bonds. The lowest BCUT2D eigenvalue weighted by Crippen LogP contribution is -2.24. The van der Waals surface area contributed by atoms with Crippen LogP contribution in [-0.4, -0.2) is 9.97 Å². The minimum Gasteiger partial charge on any atom is -0.322 e. The highest BCUT2D eigenvalue weighted by Crippen LogP contribution is 2.31. The van der Waals surface area contributed by atoms with Gasteiger partial charge in [-0.2, -0.15) is 0 Å². The highest BCUT2D eigenvalue weighted by Gasteiger charge is 2.22. The Balaban J connectivity index is 2.03. The summed E-state index contributed by atoms with van der Waals surface area (Å²) in [7, 11) is 0. The van der Waals surface area contributed by atoms with Crippen molar-refractivity contribution < 1.29 is 0 Å². The van der Waals surface area contributed by atoms with Crippen LogP contribution >= 0.6 is 0 Å². The van der Waals surface area contributed by atoms with Crippen LogP contribution in [0.2, 0.25) is 0 Å². The molecule has 1 unspecified atom stereocenters. The Hall–Kier alpha value is -0.960. The summed E-state index contributed by atoms with van der Waals surface area (Å²) < 4.78 is 0. The first-order valence-corrected chi connectivity index (χ1v) is 5.39. The predicted octanol–water partition coefficient (Wildman–Crippen LogP) is 2.06. The van der Waals surface area contributed by atoms with Crippen molar-refractivity contribution in [3.8, 4) is 0 Å². The zero-order valence-corrected chi connectivity index (χ0v) is 8.39. The van der Waals surface area contributed by atoms with Crippen LogP contribution in [0.5, 0.6) is 0 Å². The first-order valence-electron chi connectivity index (χ1n) is 5.39. The topological polar surface area (TPSA) is 51.8 Å². The number of hydrogen-bond acceptors (Lipinski definition) is 3. The fourth-order valence-corrected chi connectivity index (χ4v) is 2.22. The molecule has 0 aliphatic heterocycles. The van der Waals surface area contributed by atoms with Crippen LogP contribution < -0.4 is 5.73 Å². The molecular formula is C11H17N3. The summed E-state index contributed by atoms with van der Waals surface area (Å²) in [6.45, 7) is 0. The van der Waals surface area contributed by atoms with Crippen molar-refractivity contribution in [2.24, 2.45) is 11.7 Å². The van der Waals surface area contributed by atoms with Crippen molar-refractivity contribution in [3.63, 3.8) is 0 Å². The van der Waals surface area contributed by atoms with Gasteiger partial charge in [0.2, 0.25) is 0 Å². The average molecular weight is 191 g/mol.